The number of aliphatic imine (C=N–C) groups is 1. The largest absolute Gasteiger partial charge is 0.478 e. The van der Waals surface area contributed by atoms with E-state index in [1.807, 2.05) is 6.61 Å². The third kappa shape index (κ3) is 9.11. The molecule has 0 unspecified atom stereocenters. The van der Waals surface area contributed by atoms with E-state index in [0.717, 1.165) is 6.61 Å². The third-order valence-electron chi connectivity index (χ3n) is 3.25. The molecule has 151 valence electrons. The minimum Gasteiger partial charge on any atom is -0.478 e. The monoisotopic (exact) mass is 417 g/mol. The molecule has 1 rings (SSSR count). The summed E-state index contributed by atoms with van der Waals surface area (Å²) in [6.45, 7) is 9.31. The molecular formula is C20H9N4O7. The van der Waals surface area contributed by atoms with Crippen LogP contribution in [0.4, 0.5) is 0 Å². The highest BCUT2D eigenvalue weighted by Gasteiger charge is 2.47. The van der Waals surface area contributed by atoms with Crippen LogP contribution in [0.3, 0.4) is 0 Å². The second-order valence-electron chi connectivity index (χ2n) is 5.26. The Morgan fingerprint density at radius 2 is 1.84 bits per heavy atom. The molecule has 31 heavy (non-hydrogen) atoms. The van der Waals surface area contributed by atoms with Gasteiger partial charge in [-0.05, 0) is 26.2 Å². The SMILES string of the molecule is [CH2][C][C][C][C][C][C][C]O[C@@H]([C@@H]1OC(C([O])=O)=[C][C@H](N=C([N])[N])[C@H]1[N]C([CH2])=O)[C@H]([O])[C][O]. The quantitative estimate of drug-likeness (QED) is 0.184. The van der Waals surface area contributed by atoms with Gasteiger partial charge in [0, 0.05) is 32.3 Å². The van der Waals surface area contributed by atoms with Gasteiger partial charge in [0.05, 0.1) is 0 Å². The Balaban J connectivity index is 3.07. The first kappa shape index (κ1) is 26.7. The number of rotatable bonds is 14. The zero-order valence-electron chi connectivity index (χ0n) is 15.4. The van der Waals surface area contributed by atoms with Crippen LogP contribution in [-0.2, 0) is 34.4 Å². The van der Waals surface area contributed by atoms with E-state index in [9.17, 15) is 24.9 Å². The molecule has 11 heteroatoms. The molecule has 27 radical (unpaired) electrons. The van der Waals surface area contributed by atoms with E-state index in [-0.39, 0.29) is 0 Å². The number of unbranched alkanes of at least 4 members (excludes halogenated alkanes) is 5. The van der Waals surface area contributed by atoms with E-state index in [2.05, 4.69) is 68.8 Å². The number of hydrogen-bond donors (Lipinski definition) is 0. The molecule has 0 aromatic rings. The Morgan fingerprint density at radius 3 is 2.39 bits per heavy atom. The zero-order chi connectivity index (χ0) is 23.4. The third-order valence-corrected chi connectivity index (χ3v) is 3.25. The standard InChI is InChI=1S/C20H9N4O7/c1-3-4-5-6-7-8-9-30-17(14(27)11-25)18-16(23-12(2)26)13(24-20(21)22)10-15(31-18)19(28)29/h13-14,16-18H,1-2H2/t13-,14+,16+,17+,18+/m0/s1. The first-order valence-electron chi connectivity index (χ1n) is 7.96. The second kappa shape index (κ2) is 13.8. The summed E-state index contributed by atoms with van der Waals surface area (Å²) >= 11 is 0. The van der Waals surface area contributed by atoms with Crippen molar-refractivity contribution in [3.63, 3.8) is 0 Å². The first-order chi connectivity index (χ1) is 14.7. The molecule has 0 saturated heterocycles. The summed E-state index contributed by atoms with van der Waals surface area (Å²) in [7, 11) is 0. The van der Waals surface area contributed by atoms with Crippen LogP contribution >= 0.6 is 0 Å². The van der Waals surface area contributed by atoms with Gasteiger partial charge < -0.3 is 9.47 Å². The number of amides is 1. The average Bonchev–Trinajstić information content (AvgIpc) is 2.70. The van der Waals surface area contributed by atoms with E-state index in [0.29, 0.717) is 0 Å². The molecule has 0 fully saturated rings. The first-order valence-corrected chi connectivity index (χ1v) is 7.96. The molecule has 5 atom stereocenters. The molecule has 0 saturated carbocycles. The molecule has 1 aliphatic rings. The second-order valence-corrected chi connectivity index (χ2v) is 5.26. The van der Waals surface area contributed by atoms with Gasteiger partial charge in [-0.2, -0.15) is 0 Å². The van der Waals surface area contributed by atoms with Gasteiger partial charge in [0.2, 0.25) is 18.3 Å². The van der Waals surface area contributed by atoms with Crippen LogP contribution in [0.1, 0.15) is 0 Å². The van der Waals surface area contributed by atoms with Gasteiger partial charge in [-0.25, -0.2) is 30.4 Å². The lowest BCUT2D eigenvalue weighted by atomic mass is 9.92. The Labute approximate surface area is 182 Å². The predicted molar refractivity (Wildman–Crippen MR) is 90.4 cm³/mol. The van der Waals surface area contributed by atoms with E-state index < -0.39 is 54.0 Å². The number of nitrogens with zero attached hydrogens (tertiary/aromatic N) is 4. The smallest absolute Gasteiger partial charge is 0.420 e. The summed E-state index contributed by atoms with van der Waals surface area (Å²) in [5.41, 5.74) is 18.0. The molecule has 11 nitrogen and oxygen atoms in total. The molecule has 0 bridgehead atoms. The molecular weight excluding hydrogens is 408 g/mol. The lowest BCUT2D eigenvalue weighted by Gasteiger charge is -2.37. The van der Waals surface area contributed by atoms with Crippen LogP contribution in [0, 0.1) is 71.7 Å². The van der Waals surface area contributed by atoms with Gasteiger partial charge in [0.1, 0.15) is 24.8 Å². The van der Waals surface area contributed by atoms with Crippen molar-refractivity contribution in [1.29, 1.82) is 0 Å². The fourth-order valence-corrected chi connectivity index (χ4v) is 2.18. The number of ether oxygens (including phenoxy) is 2. The van der Waals surface area contributed by atoms with Crippen molar-refractivity contribution in [2.45, 2.75) is 30.4 Å². The van der Waals surface area contributed by atoms with Gasteiger partial charge in [-0.1, -0.05) is 0 Å². The molecule has 1 heterocycles. The predicted octanol–water partition coefficient (Wildman–Crippen LogP) is -1.76. The van der Waals surface area contributed by atoms with E-state index >= 15 is 0 Å². The van der Waals surface area contributed by atoms with Crippen LogP contribution in [0.2, 0.25) is 0 Å². The molecule has 0 N–H and O–H groups in total. The number of carbonyl (C=O) groups is 2. The molecule has 0 aliphatic carbocycles. The average molecular weight is 417 g/mol. The Bertz CT molecular complexity index is 637. The Morgan fingerprint density at radius 1 is 1.19 bits per heavy atom. The van der Waals surface area contributed by atoms with Crippen molar-refractivity contribution >= 4 is 17.8 Å². The van der Waals surface area contributed by atoms with Gasteiger partial charge in [-0.3, -0.25) is 4.79 Å². The number of carbonyl (C=O) groups excluding carboxylic acids is 2. The van der Waals surface area contributed by atoms with E-state index in [1.54, 1.807) is 0 Å². The zero-order valence-corrected chi connectivity index (χ0v) is 15.4. The van der Waals surface area contributed by atoms with Crippen LogP contribution in [-0.4, -0.2) is 48.2 Å². The van der Waals surface area contributed by atoms with Crippen molar-refractivity contribution in [2.24, 2.45) is 4.99 Å². The fourth-order valence-electron chi connectivity index (χ4n) is 2.18. The summed E-state index contributed by atoms with van der Waals surface area (Å²) in [6.07, 6.45) is 9.55. The van der Waals surface area contributed by atoms with Gasteiger partial charge in [-0.15, -0.1) is 11.5 Å². The maximum atomic E-state index is 12.1. The molecule has 0 aromatic carbocycles. The maximum Gasteiger partial charge on any atom is 0.420 e. The summed E-state index contributed by atoms with van der Waals surface area (Å²) in [4.78, 5) is 25.9. The number of guanidine groups is 1. The molecule has 1 amide bonds. The lowest BCUT2D eigenvalue weighted by molar-refractivity contribution is -0.155. The van der Waals surface area contributed by atoms with Crippen LogP contribution in [0.5, 0.6) is 0 Å². The van der Waals surface area contributed by atoms with Crippen LogP contribution in [0.15, 0.2) is 10.8 Å². The summed E-state index contributed by atoms with van der Waals surface area (Å²) in [5.74, 6) is -5.52. The number of hydrogen-bond acceptors (Lipinski definition) is 5. The topological polar surface area (TPSA) is 183 Å². The van der Waals surface area contributed by atoms with Gasteiger partial charge >= 0.3 is 5.97 Å². The highest BCUT2D eigenvalue weighted by atomic mass is 16.6. The summed E-state index contributed by atoms with van der Waals surface area (Å²) in [5, 5.41) is 37.8. The minimum absolute atomic E-state index is 1.02. The highest BCUT2D eigenvalue weighted by Crippen LogP contribution is 2.28. The molecule has 0 spiro atoms. The van der Waals surface area contributed by atoms with Gasteiger partial charge in [0.25, 0.3) is 5.96 Å². The normalized spacial score (nSPS) is 22.6. The van der Waals surface area contributed by atoms with Crippen molar-refractivity contribution in [3.05, 3.63) is 77.4 Å². The van der Waals surface area contributed by atoms with Crippen LogP contribution < -0.4 is 16.8 Å². The summed E-state index contributed by atoms with van der Waals surface area (Å²) in [6, 6.07) is -3.27. The summed E-state index contributed by atoms with van der Waals surface area (Å²) < 4.78 is 10.0. The van der Waals surface area contributed by atoms with Crippen LogP contribution in [0.25, 0.3) is 0 Å². The fraction of sp³-hybridized carbons (Fsp3) is 0.250. The van der Waals surface area contributed by atoms with Crippen molar-refractivity contribution < 1.29 is 34.4 Å². The van der Waals surface area contributed by atoms with Gasteiger partial charge in [0.15, 0.2) is 12.2 Å². The van der Waals surface area contributed by atoms with Crippen molar-refractivity contribution in [3.8, 4) is 0 Å². The Kier molecular flexibility index (Phi) is 11.9. The van der Waals surface area contributed by atoms with E-state index in [1.165, 1.54) is 0 Å². The van der Waals surface area contributed by atoms with Crippen molar-refractivity contribution in [1.82, 2.24) is 16.8 Å². The lowest BCUT2D eigenvalue weighted by Crippen LogP contribution is -2.57. The highest BCUT2D eigenvalue weighted by molar-refractivity contribution is 5.84. The molecule has 1 aliphatic heterocycles. The Hall–Kier alpha value is -2.37. The van der Waals surface area contributed by atoms with E-state index in [4.69, 9.17) is 20.9 Å². The molecule has 0 aromatic heterocycles. The maximum absolute atomic E-state index is 12.1. The minimum atomic E-state index is -2.33. The van der Waals surface area contributed by atoms with Crippen molar-refractivity contribution in [2.75, 3.05) is 0 Å².